The van der Waals surface area contributed by atoms with E-state index in [4.69, 9.17) is 4.74 Å². The Balaban J connectivity index is 2.20. The van der Waals surface area contributed by atoms with Gasteiger partial charge in [0.1, 0.15) is 0 Å². The van der Waals surface area contributed by atoms with Crippen molar-refractivity contribution in [2.75, 3.05) is 13.7 Å². The highest BCUT2D eigenvalue weighted by molar-refractivity contribution is 5.44. The minimum absolute atomic E-state index is 0.0617. The monoisotopic (exact) mass is 287 g/mol. The highest BCUT2D eigenvalue weighted by Gasteiger charge is 2.26. The fourth-order valence-corrected chi connectivity index (χ4v) is 2.16. The van der Waals surface area contributed by atoms with Crippen LogP contribution in [0.4, 0.5) is 0 Å². The Kier molecular flexibility index (Phi) is 4.83. The SMILES string of the molecule is COc1cc(C(C)(CO)NCc2ccccc2)ccc1O. The Morgan fingerprint density at radius 3 is 2.48 bits per heavy atom. The summed E-state index contributed by atoms with van der Waals surface area (Å²) in [6, 6.07) is 15.1. The minimum atomic E-state index is -0.614. The van der Waals surface area contributed by atoms with Gasteiger partial charge < -0.3 is 20.3 Å². The molecule has 0 saturated heterocycles. The quantitative estimate of drug-likeness (QED) is 0.763. The summed E-state index contributed by atoms with van der Waals surface area (Å²) in [5.74, 6) is 0.485. The maximum absolute atomic E-state index is 9.78. The van der Waals surface area contributed by atoms with Crippen LogP contribution < -0.4 is 10.1 Å². The molecule has 1 atom stereocenters. The highest BCUT2D eigenvalue weighted by atomic mass is 16.5. The summed E-state index contributed by atoms with van der Waals surface area (Å²) in [4.78, 5) is 0. The van der Waals surface area contributed by atoms with Gasteiger partial charge >= 0.3 is 0 Å². The van der Waals surface area contributed by atoms with Gasteiger partial charge in [0.25, 0.3) is 0 Å². The predicted molar refractivity (Wildman–Crippen MR) is 82.4 cm³/mol. The second kappa shape index (κ2) is 6.61. The number of phenols is 1. The van der Waals surface area contributed by atoms with Crippen molar-refractivity contribution >= 4 is 0 Å². The fraction of sp³-hybridized carbons (Fsp3) is 0.294. The number of benzene rings is 2. The van der Waals surface area contributed by atoms with E-state index in [9.17, 15) is 10.2 Å². The first kappa shape index (κ1) is 15.4. The van der Waals surface area contributed by atoms with Crippen molar-refractivity contribution in [3.63, 3.8) is 0 Å². The molecule has 112 valence electrons. The summed E-state index contributed by atoms with van der Waals surface area (Å²) in [6.45, 7) is 2.50. The third kappa shape index (κ3) is 3.54. The lowest BCUT2D eigenvalue weighted by atomic mass is 9.92. The molecule has 4 heteroatoms. The van der Waals surface area contributed by atoms with E-state index >= 15 is 0 Å². The second-order valence-electron chi connectivity index (χ2n) is 5.22. The first-order valence-electron chi connectivity index (χ1n) is 6.86. The number of hydrogen-bond donors (Lipinski definition) is 3. The molecule has 2 rings (SSSR count). The third-order valence-electron chi connectivity index (χ3n) is 3.66. The fourth-order valence-electron chi connectivity index (χ4n) is 2.16. The van der Waals surface area contributed by atoms with Crippen molar-refractivity contribution in [3.8, 4) is 11.5 Å². The van der Waals surface area contributed by atoms with Gasteiger partial charge in [0.15, 0.2) is 11.5 Å². The van der Waals surface area contributed by atoms with Crippen LogP contribution in [0.3, 0.4) is 0 Å². The van der Waals surface area contributed by atoms with Crippen LogP contribution in [0.5, 0.6) is 11.5 Å². The molecular formula is C17H21NO3. The molecule has 0 amide bonds. The number of ether oxygens (including phenoxy) is 1. The van der Waals surface area contributed by atoms with Crippen LogP contribution in [0.1, 0.15) is 18.1 Å². The molecule has 0 bridgehead atoms. The van der Waals surface area contributed by atoms with Gasteiger partial charge in [-0.05, 0) is 30.2 Å². The van der Waals surface area contributed by atoms with Gasteiger partial charge in [0.05, 0.1) is 19.3 Å². The molecule has 0 aromatic heterocycles. The normalized spacial score (nSPS) is 13.7. The molecule has 0 spiro atoms. The zero-order valence-corrected chi connectivity index (χ0v) is 12.3. The molecule has 3 N–H and O–H groups in total. The Morgan fingerprint density at radius 1 is 1.14 bits per heavy atom. The largest absolute Gasteiger partial charge is 0.504 e. The number of phenolic OH excluding ortho intramolecular Hbond substituents is 1. The van der Waals surface area contributed by atoms with E-state index in [0.717, 1.165) is 11.1 Å². The molecule has 0 saturated carbocycles. The van der Waals surface area contributed by atoms with Crippen molar-refractivity contribution in [2.45, 2.75) is 19.0 Å². The number of hydrogen-bond acceptors (Lipinski definition) is 4. The average molecular weight is 287 g/mol. The number of rotatable bonds is 6. The van der Waals surface area contributed by atoms with Crippen molar-refractivity contribution in [1.82, 2.24) is 5.32 Å². The Hall–Kier alpha value is -2.04. The first-order chi connectivity index (χ1) is 10.1. The average Bonchev–Trinajstić information content (AvgIpc) is 2.54. The maximum Gasteiger partial charge on any atom is 0.160 e. The molecule has 0 aliphatic rings. The van der Waals surface area contributed by atoms with Crippen molar-refractivity contribution in [3.05, 3.63) is 59.7 Å². The van der Waals surface area contributed by atoms with Gasteiger partial charge in [-0.1, -0.05) is 36.4 Å². The maximum atomic E-state index is 9.78. The van der Waals surface area contributed by atoms with E-state index in [1.807, 2.05) is 37.3 Å². The molecule has 21 heavy (non-hydrogen) atoms. The highest BCUT2D eigenvalue weighted by Crippen LogP contribution is 2.31. The standard InChI is InChI=1S/C17H21NO3/c1-17(12-19,18-11-13-6-4-3-5-7-13)14-8-9-15(20)16(10-14)21-2/h3-10,18-20H,11-12H2,1-2H3. The van der Waals surface area contributed by atoms with E-state index in [1.165, 1.54) is 7.11 Å². The number of methoxy groups -OCH3 is 1. The third-order valence-corrected chi connectivity index (χ3v) is 3.66. The molecule has 2 aromatic rings. The van der Waals surface area contributed by atoms with E-state index in [0.29, 0.717) is 12.3 Å². The predicted octanol–water partition coefficient (Wildman–Crippen LogP) is 2.40. The Labute approximate surface area is 125 Å². The zero-order chi connectivity index (χ0) is 15.3. The lowest BCUT2D eigenvalue weighted by molar-refractivity contribution is 0.173. The van der Waals surface area contributed by atoms with Gasteiger partial charge in [-0.15, -0.1) is 0 Å². The van der Waals surface area contributed by atoms with Crippen LogP contribution in [0.15, 0.2) is 48.5 Å². The van der Waals surface area contributed by atoms with Crippen LogP contribution in [0.2, 0.25) is 0 Å². The zero-order valence-electron chi connectivity index (χ0n) is 12.3. The molecule has 2 aromatic carbocycles. The van der Waals surface area contributed by atoms with E-state index in [2.05, 4.69) is 5.32 Å². The summed E-state index contributed by atoms with van der Waals surface area (Å²) < 4.78 is 5.13. The lowest BCUT2D eigenvalue weighted by Crippen LogP contribution is -2.42. The summed E-state index contributed by atoms with van der Waals surface area (Å²) in [5, 5.41) is 22.8. The van der Waals surface area contributed by atoms with E-state index in [1.54, 1.807) is 18.2 Å². The van der Waals surface area contributed by atoms with Crippen molar-refractivity contribution in [2.24, 2.45) is 0 Å². The first-order valence-corrected chi connectivity index (χ1v) is 6.86. The number of aliphatic hydroxyl groups is 1. The van der Waals surface area contributed by atoms with Crippen LogP contribution in [-0.4, -0.2) is 23.9 Å². The summed E-state index contributed by atoms with van der Waals surface area (Å²) in [6.07, 6.45) is 0. The van der Waals surface area contributed by atoms with Gasteiger partial charge in [-0.3, -0.25) is 0 Å². The summed E-state index contributed by atoms with van der Waals surface area (Å²) in [7, 11) is 1.51. The topological polar surface area (TPSA) is 61.7 Å². The van der Waals surface area contributed by atoms with E-state index < -0.39 is 5.54 Å². The van der Waals surface area contributed by atoms with Crippen molar-refractivity contribution in [1.29, 1.82) is 0 Å². The summed E-state index contributed by atoms with van der Waals surface area (Å²) >= 11 is 0. The lowest BCUT2D eigenvalue weighted by Gasteiger charge is -2.30. The van der Waals surface area contributed by atoms with E-state index in [-0.39, 0.29) is 12.4 Å². The Bertz CT molecular complexity index is 586. The summed E-state index contributed by atoms with van der Waals surface area (Å²) in [5.41, 5.74) is 1.38. The smallest absolute Gasteiger partial charge is 0.160 e. The van der Waals surface area contributed by atoms with Gasteiger partial charge in [-0.2, -0.15) is 0 Å². The molecule has 0 radical (unpaired) electrons. The van der Waals surface area contributed by atoms with Crippen LogP contribution in [0, 0.1) is 0 Å². The molecule has 0 fully saturated rings. The molecule has 4 nitrogen and oxygen atoms in total. The molecular weight excluding hydrogens is 266 g/mol. The van der Waals surface area contributed by atoms with Crippen LogP contribution in [-0.2, 0) is 12.1 Å². The molecule has 0 aliphatic heterocycles. The number of aliphatic hydroxyl groups excluding tert-OH is 1. The van der Waals surface area contributed by atoms with Crippen LogP contribution >= 0.6 is 0 Å². The number of nitrogens with one attached hydrogen (secondary N) is 1. The minimum Gasteiger partial charge on any atom is -0.504 e. The van der Waals surface area contributed by atoms with Gasteiger partial charge in [0.2, 0.25) is 0 Å². The van der Waals surface area contributed by atoms with Crippen molar-refractivity contribution < 1.29 is 14.9 Å². The molecule has 0 heterocycles. The molecule has 1 unspecified atom stereocenters. The Morgan fingerprint density at radius 2 is 1.86 bits per heavy atom. The number of aromatic hydroxyl groups is 1. The van der Waals surface area contributed by atoms with Gasteiger partial charge in [-0.25, -0.2) is 0 Å². The second-order valence-corrected chi connectivity index (χ2v) is 5.22. The van der Waals surface area contributed by atoms with Crippen LogP contribution in [0.25, 0.3) is 0 Å². The van der Waals surface area contributed by atoms with Gasteiger partial charge in [0, 0.05) is 6.54 Å². The molecule has 0 aliphatic carbocycles.